The van der Waals surface area contributed by atoms with Crippen molar-refractivity contribution in [2.24, 2.45) is 0 Å². The van der Waals surface area contributed by atoms with Gasteiger partial charge in [0, 0.05) is 30.8 Å². The van der Waals surface area contributed by atoms with Gasteiger partial charge in [-0.15, -0.1) is 0 Å². The maximum atomic E-state index is 12.5. The van der Waals surface area contributed by atoms with Gasteiger partial charge in [0.25, 0.3) is 5.91 Å². The average molecular weight is 285 g/mol. The number of hydrogen-bond acceptors (Lipinski definition) is 4. The molecule has 0 aliphatic carbocycles. The molecule has 1 aromatic carbocycles. The van der Waals surface area contributed by atoms with Crippen molar-refractivity contribution in [1.29, 1.82) is 0 Å². The van der Waals surface area contributed by atoms with Crippen molar-refractivity contribution in [2.75, 3.05) is 20.1 Å². The minimum absolute atomic E-state index is 0.0547. The van der Waals surface area contributed by atoms with Gasteiger partial charge in [-0.2, -0.15) is 0 Å². The molecule has 1 aromatic heterocycles. The minimum Gasteiger partial charge on any atom is -0.355 e. The highest BCUT2D eigenvalue weighted by Crippen LogP contribution is 2.21. The summed E-state index contributed by atoms with van der Waals surface area (Å²) in [6.07, 6.45) is 2.12. The van der Waals surface area contributed by atoms with E-state index < -0.39 is 0 Å². The third kappa shape index (κ3) is 2.97. The number of amides is 1. The number of piperidine rings is 1. The first-order valence-corrected chi connectivity index (χ1v) is 7.26. The smallest absolute Gasteiger partial charge is 0.276 e. The van der Waals surface area contributed by atoms with Gasteiger partial charge in [0.2, 0.25) is 0 Å². The van der Waals surface area contributed by atoms with Crippen molar-refractivity contribution in [3.63, 3.8) is 0 Å². The predicted molar refractivity (Wildman–Crippen MR) is 79.9 cm³/mol. The van der Waals surface area contributed by atoms with Crippen LogP contribution in [0.15, 0.2) is 40.9 Å². The number of nitrogens with one attached hydrogen (secondary N) is 1. The second-order valence-electron chi connectivity index (χ2n) is 5.32. The second kappa shape index (κ2) is 6.10. The average Bonchev–Trinajstić information content (AvgIpc) is 3.05. The molecule has 1 aliphatic rings. The summed E-state index contributed by atoms with van der Waals surface area (Å²) in [5, 5.41) is 7.17. The third-order valence-electron chi connectivity index (χ3n) is 3.90. The van der Waals surface area contributed by atoms with E-state index >= 15 is 0 Å². The largest absolute Gasteiger partial charge is 0.355 e. The van der Waals surface area contributed by atoms with Gasteiger partial charge in [-0.3, -0.25) is 4.79 Å². The number of benzene rings is 1. The first-order chi connectivity index (χ1) is 10.3. The molecule has 3 rings (SSSR count). The molecule has 0 saturated carbocycles. The number of rotatable bonds is 3. The monoisotopic (exact) mass is 285 g/mol. The lowest BCUT2D eigenvalue weighted by molar-refractivity contribution is 0.0688. The van der Waals surface area contributed by atoms with Crippen molar-refractivity contribution in [2.45, 2.75) is 18.9 Å². The van der Waals surface area contributed by atoms with Crippen molar-refractivity contribution >= 4 is 5.91 Å². The maximum Gasteiger partial charge on any atom is 0.276 e. The van der Waals surface area contributed by atoms with Crippen molar-refractivity contribution in [3.8, 4) is 11.3 Å². The molecule has 2 aromatic rings. The molecule has 1 fully saturated rings. The van der Waals surface area contributed by atoms with E-state index in [9.17, 15) is 4.79 Å². The van der Waals surface area contributed by atoms with E-state index in [1.165, 1.54) is 0 Å². The Balaban J connectivity index is 1.75. The fourth-order valence-corrected chi connectivity index (χ4v) is 2.67. The summed E-state index contributed by atoms with van der Waals surface area (Å²) in [4.78, 5) is 14.3. The summed E-state index contributed by atoms with van der Waals surface area (Å²) in [5.41, 5.74) is 1.31. The normalized spacial score (nSPS) is 18.7. The Kier molecular flexibility index (Phi) is 4.01. The van der Waals surface area contributed by atoms with Crippen molar-refractivity contribution < 1.29 is 9.32 Å². The van der Waals surface area contributed by atoms with Crippen LogP contribution in [0, 0.1) is 0 Å². The molecule has 5 nitrogen and oxygen atoms in total. The van der Waals surface area contributed by atoms with E-state index in [1.807, 2.05) is 42.3 Å². The van der Waals surface area contributed by atoms with Crippen LogP contribution in [-0.4, -0.2) is 42.1 Å². The molecule has 1 N–H and O–H groups in total. The zero-order valence-electron chi connectivity index (χ0n) is 12.1. The summed E-state index contributed by atoms with van der Waals surface area (Å²) >= 11 is 0. The van der Waals surface area contributed by atoms with Crippen LogP contribution in [0.4, 0.5) is 0 Å². The number of aromatic nitrogens is 1. The molecule has 1 aliphatic heterocycles. The van der Waals surface area contributed by atoms with Gasteiger partial charge in [-0.1, -0.05) is 35.5 Å². The molecule has 21 heavy (non-hydrogen) atoms. The van der Waals surface area contributed by atoms with E-state index in [2.05, 4.69) is 10.5 Å². The standard InChI is InChI=1S/C16H19N3O2/c1-17-13-8-5-9-19(11-13)16(20)14-10-15(21-18-14)12-6-3-2-4-7-12/h2-4,6-7,10,13,17H,5,8-9,11H2,1H3. The van der Waals surface area contributed by atoms with Gasteiger partial charge in [-0.05, 0) is 19.9 Å². The van der Waals surface area contributed by atoms with Crippen LogP contribution in [0.3, 0.4) is 0 Å². The lowest BCUT2D eigenvalue weighted by Crippen LogP contribution is -2.47. The molecule has 1 saturated heterocycles. The quantitative estimate of drug-likeness (QED) is 0.939. The first-order valence-electron chi connectivity index (χ1n) is 7.26. The van der Waals surface area contributed by atoms with E-state index in [0.717, 1.165) is 31.5 Å². The lowest BCUT2D eigenvalue weighted by atomic mass is 10.1. The summed E-state index contributed by atoms with van der Waals surface area (Å²) in [6, 6.07) is 11.8. The highest BCUT2D eigenvalue weighted by Gasteiger charge is 2.25. The van der Waals surface area contributed by atoms with Crippen LogP contribution < -0.4 is 5.32 Å². The molecule has 0 bridgehead atoms. The van der Waals surface area contributed by atoms with E-state index in [1.54, 1.807) is 6.07 Å². The van der Waals surface area contributed by atoms with Crippen LogP contribution in [0.25, 0.3) is 11.3 Å². The molecule has 1 amide bonds. The van der Waals surface area contributed by atoms with Crippen LogP contribution >= 0.6 is 0 Å². The molecule has 110 valence electrons. The van der Waals surface area contributed by atoms with E-state index in [0.29, 0.717) is 17.5 Å². The predicted octanol–water partition coefficient (Wildman–Crippen LogP) is 2.17. The van der Waals surface area contributed by atoms with Gasteiger partial charge >= 0.3 is 0 Å². The highest BCUT2D eigenvalue weighted by molar-refractivity contribution is 5.93. The Morgan fingerprint density at radius 2 is 2.19 bits per heavy atom. The van der Waals surface area contributed by atoms with Crippen LogP contribution in [0.5, 0.6) is 0 Å². The van der Waals surface area contributed by atoms with E-state index in [-0.39, 0.29) is 5.91 Å². The highest BCUT2D eigenvalue weighted by atomic mass is 16.5. The molecule has 2 heterocycles. The molecule has 0 spiro atoms. The SMILES string of the molecule is CNC1CCCN(C(=O)c2cc(-c3ccccc3)on2)C1. The Morgan fingerprint density at radius 3 is 2.95 bits per heavy atom. The van der Waals surface area contributed by atoms with Crippen molar-refractivity contribution in [1.82, 2.24) is 15.4 Å². The van der Waals surface area contributed by atoms with Gasteiger partial charge in [-0.25, -0.2) is 0 Å². The third-order valence-corrected chi connectivity index (χ3v) is 3.90. The number of carbonyl (C=O) groups is 1. The van der Waals surface area contributed by atoms with Crippen molar-refractivity contribution in [3.05, 3.63) is 42.1 Å². The molecule has 1 atom stereocenters. The molecule has 5 heteroatoms. The zero-order valence-corrected chi connectivity index (χ0v) is 12.1. The topological polar surface area (TPSA) is 58.4 Å². The molecular formula is C16H19N3O2. The number of likely N-dealkylation sites (tertiary alicyclic amines) is 1. The minimum atomic E-state index is -0.0547. The maximum absolute atomic E-state index is 12.5. The zero-order chi connectivity index (χ0) is 14.7. The van der Waals surface area contributed by atoms with E-state index in [4.69, 9.17) is 4.52 Å². The second-order valence-corrected chi connectivity index (χ2v) is 5.32. The first kappa shape index (κ1) is 13.8. The fraction of sp³-hybridized carbons (Fsp3) is 0.375. The molecule has 1 unspecified atom stereocenters. The van der Waals surface area contributed by atoms with Gasteiger partial charge in [0.05, 0.1) is 0 Å². The summed E-state index contributed by atoms with van der Waals surface area (Å²) < 4.78 is 5.30. The number of hydrogen-bond donors (Lipinski definition) is 1. The van der Waals surface area contributed by atoms with Gasteiger partial charge in [0.1, 0.15) is 0 Å². The fourth-order valence-electron chi connectivity index (χ4n) is 2.67. The van der Waals surface area contributed by atoms with Gasteiger partial charge in [0.15, 0.2) is 11.5 Å². The Hall–Kier alpha value is -2.14. The Labute approximate surface area is 123 Å². The van der Waals surface area contributed by atoms with Crippen LogP contribution in [0.2, 0.25) is 0 Å². The Bertz CT molecular complexity index is 609. The molecule has 0 radical (unpaired) electrons. The van der Waals surface area contributed by atoms with Gasteiger partial charge < -0.3 is 14.7 Å². The Morgan fingerprint density at radius 1 is 1.38 bits per heavy atom. The molecular weight excluding hydrogens is 266 g/mol. The number of likely N-dealkylation sites (N-methyl/N-ethyl adjacent to an activating group) is 1. The number of nitrogens with zero attached hydrogens (tertiary/aromatic N) is 2. The lowest BCUT2D eigenvalue weighted by Gasteiger charge is -2.31. The number of carbonyl (C=O) groups excluding carboxylic acids is 1. The van der Waals surface area contributed by atoms with Crippen LogP contribution in [0.1, 0.15) is 23.3 Å². The van der Waals surface area contributed by atoms with Crippen LogP contribution in [-0.2, 0) is 0 Å². The summed E-state index contributed by atoms with van der Waals surface area (Å²) in [7, 11) is 1.93. The summed E-state index contributed by atoms with van der Waals surface area (Å²) in [5.74, 6) is 0.571. The summed E-state index contributed by atoms with van der Waals surface area (Å²) in [6.45, 7) is 1.51.